The lowest BCUT2D eigenvalue weighted by atomic mass is 10.1. The van der Waals surface area contributed by atoms with Gasteiger partial charge in [-0.2, -0.15) is 5.10 Å². The van der Waals surface area contributed by atoms with Crippen molar-refractivity contribution >= 4 is 11.6 Å². The minimum absolute atomic E-state index is 0.149. The molecular weight excluding hydrogens is 252 g/mol. The molecule has 0 fully saturated rings. The van der Waals surface area contributed by atoms with Gasteiger partial charge in [-0.05, 0) is 25.0 Å². The van der Waals surface area contributed by atoms with E-state index in [0.717, 1.165) is 41.0 Å². The van der Waals surface area contributed by atoms with E-state index in [1.54, 1.807) is 0 Å². The van der Waals surface area contributed by atoms with E-state index in [2.05, 4.69) is 20.8 Å². The molecule has 1 aromatic heterocycles. The molecule has 1 aliphatic rings. The number of hydrogen-bond acceptors (Lipinski definition) is 3. The number of amides is 1. The van der Waals surface area contributed by atoms with E-state index in [9.17, 15) is 4.79 Å². The molecule has 0 atom stereocenters. The van der Waals surface area contributed by atoms with Gasteiger partial charge in [0.15, 0.2) is 5.69 Å². The number of H-pyrrole nitrogens is 1. The summed E-state index contributed by atoms with van der Waals surface area (Å²) >= 11 is 0. The van der Waals surface area contributed by atoms with E-state index in [4.69, 9.17) is 0 Å². The van der Waals surface area contributed by atoms with Gasteiger partial charge in [0.05, 0.1) is 0 Å². The number of aromatic nitrogens is 2. The van der Waals surface area contributed by atoms with Crippen LogP contribution in [-0.4, -0.2) is 22.6 Å². The van der Waals surface area contributed by atoms with E-state index in [1.165, 1.54) is 0 Å². The fourth-order valence-electron chi connectivity index (χ4n) is 2.60. The smallest absolute Gasteiger partial charge is 0.276 e. The first-order valence-electron chi connectivity index (χ1n) is 6.81. The average Bonchev–Trinajstić information content (AvgIpc) is 2.87. The number of para-hydroxylation sites is 1. The van der Waals surface area contributed by atoms with Crippen LogP contribution in [0.2, 0.25) is 0 Å². The van der Waals surface area contributed by atoms with Gasteiger partial charge in [-0.3, -0.25) is 9.89 Å². The molecule has 1 aliphatic heterocycles. The minimum Gasteiger partial charge on any atom is -0.320 e. The highest BCUT2D eigenvalue weighted by molar-refractivity contribution is 6.04. The number of hydrogen-bond donors (Lipinski definition) is 3. The first-order valence-corrected chi connectivity index (χ1v) is 6.81. The first kappa shape index (κ1) is 12.9. The summed E-state index contributed by atoms with van der Waals surface area (Å²) < 4.78 is 0. The zero-order valence-electron chi connectivity index (χ0n) is 11.7. The van der Waals surface area contributed by atoms with Crippen molar-refractivity contribution in [3.8, 4) is 0 Å². The van der Waals surface area contributed by atoms with Crippen molar-refractivity contribution in [3.63, 3.8) is 0 Å². The lowest BCUT2D eigenvalue weighted by molar-refractivity contribution is 0.102. The summed E-state index contributed by atoms with van der Waals surface area (Å²) in [6, 6.07) is 5.97. The summed E-state index contributed by atoms with van der Waals surface area (Å²) in [7, 11) is 0. The third-order valence-electron chi connectivity index (χ3n) is 3.74. The summed E-state index contributed by atoms with van der Waals surface area (Å²) in [5, 5.41) is 13.4. The molecule has 0 aliphatic carbocycles. The van der Waals surface area contributed by atoms with Gasteiger partial charge in [-0.25, -0.2) is 0 Å². The lowest BCUT2D eigenvalue weighted by Crippen LogP contribution is -2.25. The molecule has 0 saturated carbocycles. The van der Waals surface area contributed by atoms with Gasteiger partial charge in [0, 0.05) is 36.5 Å². The third kappa shape index (κ3) is 2.20. The topological polar surface area (TPSA) is 69.8 Å². The van der Waals surface area contributed by atoms with E-state index >= 15 is 0 Å². The van der Waals surface area contributed by atoms with Gasteiger partial charge in [-0.15, -0.1) is 0 Å². The highest BCUT2D eigenvalue weighted by Gasteiger charge is 2.22. The van der Waals surface area contributed by atoms with Crippen molar-refractivity contribution in [3.05, 3.63) is 46.3 Å². The molecule has 0 spiro atoms. The van der Waals surface area contributed by atoms with E-state index in [1.807, 2.05) is 32.0 Å². The standard InChI is InChI=1S/C15H18N4O/c1-9-4-3-5-10(2)13(9)17-15(20)14-11-8-16-7-6-12(11)18-19-14/h3-5,16H,6-8H2,1-2H3,(H,17,20)(H,18,19). The number of fused-ring (bicyclic) bond motifs is 1. The Kier molecular flexibility index (Phi) is 3.28. The summed E-state index contributed by atoms with van der Waals surface area (Å²) in [6.07, 6.45) is 0.888. The van der Waals surface area contributed by atoms with Gasteiger partial charge >= 0.3 is 0 Å². The molecule has 1 aromatic carbocycles. The van der Waals surface area contributed by atoms with Crippen LogP contribution >= 0.6 is 0 Å². The van der Waals surface area contributed by atoms with Gasteiger partial charge in [0.1, 0.15) is 0 Å². The number of nitrogens with zero attached hydrogens (tertiary/aromatic N) is 1. The van der Waals surface area contributed by atoms with E-state index in [-0.39, 0.29) is 5.91 Å². The Morgan fingerprint density at radius 2 is 2.05 bits per heavy atom. The van der Waals surface area contributed by atoms with Gasteiger partial charge < -0.3 is 10.6 Å². The Morgan fingerprint density at radius 3 is 2.80 bits per heavy atom. The second-order valence-corrected chi connectivity index (χ2v) is 5.18. The predicted octanol–water partition coefficient (Wildman–Crippen LogP) is 1.92. The normalized spacial score (nSPS) is 13.9. The van der Waals surface area contributed by atoms with Crippen LogP contribution in [0, 0.1) is 13.8 Å². The number of anilines is 1. The predicted molar refractivity (Wildman–Crippen MR) is 77.9 cm³/mol. The summed E-state index contributed by atoms with van der Waals surface area (Å²) in [5.74, 6) is -0.149. The maximum absolute atomic E-state index is 12.4. The number of aryl methyl sites for hydroxylation is 2. The van der Waals surface area contributed by atoms with E-state index in [0.29, 0.717) is 12.2 Å². The van der Waals surface area contributed by atoms with Crippen LogP contribution in [0.4, 0.5) is 5.69 Å². The van der Waals surface area contributed by atoms with Crippen molar-refractivity contribution in [2.75, 3.05) is 11.9 Å². The molecule has 1 amide bonds. The molecule has 0 unspecified atom stereocenters. The van der Waals surface area contributed by atoms with Gasteiger partial charge in [-0.1, -0.05) is 18.2 Å². The average molecular weight is 270 g/mol. The summed E-state index contributed by atoms with van der Waals surface area (Å²) in [5.41, 5.74) is 5.53. The number of rotatable bonds is 2. The van der Waals surface area contributed by atoms with Crippen molar-refractivity contribution < 1.29 is 4.79 Å². The van der Waals surface area contributed by atoms with Crippen LogP contribution in [0.25, 0.3) is 0 Å². The van der Waals surface area contributed by atoms with Crippen LogP contribution in [0.3, 0.4) is 0 Å². The Bertz CT molecular complexity index is 640. The minimum atomic E-state index is -0.149. The largest absolute Gasteiger partial charge is 0.320 e. The highest BCUT2D eigenvalue weighted by atomic mass is 16.2. The quantitative estimate of drug-likeness (QED) is 0.781. The van der Waals surface area contributed by atoms with E-state index < -0.39 is 0 Å². The van der Waals surface area contributed by atoms with Gasteiger partial charge in [0.25, 0.3) is 5.91 Å². The number of nitrogens with one attached hydrogen (secondary N) is 3. The second kappa shape index (κ2) is 5.09. The van der Waals surface area contributed by atoms with Crippen LogP contribution in [-0.2, 0) is 13.0 Å². The van der Waals surface area contributed by atoms with Crippen molar-refractivity contribution in [1.82, 2.24) is 15.5 Å². The first-order chi connectivity index (χ1) is 9.66. The molecule has 5 nitrogen and oxygen atoms in total. The van der Waals surface area contributed by atoms with Crippen LogP contribution in [0.15, 0.2) is 18.2 Å². The van der Waals surface area contributed by atoms with Crippen LogP contribution in [0.1, 0.15) is 32.9 Å². The van der Waals surface area contributed by atoms with Crippen LogP contribution in [0.5, 0.6) is 0 Å². The zero-order chi connectivity index (χ0) is 14.1. The fourth-order valence-corrected chi connectivity index (χ4v) is 2.60. The third-order valence-corrected chi connectivity index (χ3v) is 3.74. The molecule has 0 saturated heterocycles. The number of carbonyl (C=O) groups is 1. The fraction of sp³-hybridized carbons (Fsp3) is 0.333. The Morgan fingerprint density at radius 1 is 1.30 bits per heavy atom. The Labute approximate surface area is 117 Å². The summed E-state index contributed by atoms with van der Waals surface area (Å²) in [6.45, 7) is 5.60. The second-order valence-electron chi connectivity index (χ2n) is 5.18. The Hall–Kier alpha value is -2.14. The molecule has 0 radical (unpaired) electrons. The maximum atomic E-state index is 12.4. The molecule has 20 heavy (non-hydrogen) atoms. The monoisotopic (exact) mass is 270 g/mol. The number of carbonyl (C=O) groups excluding carboxylic acids is 1. The molecule has 104 valence electrons. The molecule has 5 heteroatoms. The number of aromatic amines is 1. The molecule has 2 aromatic rings. The lowest BCUT2D eigenvalue weighted by Gasteiger charge is -2.14. The van der Waals surface area contributed by atoms with Gasteiger partial charge in [0.2, 0.25) is 0 Å². The number of benzene rings is 1. The molecule has 2 heterocycles. The van der Waals surface area contributed by atoms with Crippen molar-refractivity contribution in [2.24, 2.45) is 0 Å². The summed E-state index contributed by atoms with van der Waals surface area (Å²) in [4.78, 5) is 12.4. The molecule has 3 rings (SSSR count). The van der Waals surface area contributed by atoms with Crippen molar-refractivity contribution in [1.29, 1.82) is 0 Å². The molecular formula is C15H18N4O. The highest BCUT2D eigenvalue weighted by Crippen LogP contribution is 2.22. The molecule has 0 bridgehead atoms. The van der Waals surface area contributed by atoms with Crippen molar-refractivity contribution in [2.45, 2.75) is 26.8 Å². The van der Waals surface area contributed by atoms with Crippen LogP contribution < -0.4 is 10.6 Å². The zero-order valence-corrected chi connectivity index (χ0v) is 11.7. The SMILES string of the molecule is Cc1cccc(C)c1NC(=O)c1n[nH]c2c1CNCC2. The maximum Gasteiger partial charge on any atom is 0.276 e. The Balaban J connectivity index is 1.89. The molecule has 3 N–H and O–H groups in total.